The zero-order chi connectivity index (χ0) is 12.0. The monoisotopic (exact) mass is 239 g/mol. The van der Waals surface area contributed by atoms with Gasteiger partial charge in [-0.25, -0.2) is 0 Å². The van der Waals surface area contributed by atoms with Gasteiger partial charge in [0.1, 0.15) is 0 Å². The summed E-state index contributed by atoms with van der Waals surface area (Å²) in [6, 6.07) is 7.57. The van der Waals surface area contributed by atoms with Crippen LogP contribution in [0.3, 0.4) is 0 Å². The van der Waals surface area contributed by atoms with Crippen molar-refractivity contribution in [1.82, 2.24) is 5.32 Å². The zero-order valence-electron chi connectivity index (χ0n) is 9.79. The number of hydrogen-bond acceptors (Lipinski definition) is 1. The van der Waals surface area contributed by atoms with E-state index in [-0.39, 0.29) is 5.91 Å². The van der Waals surface area contributed by atoms with E-state index in [1.807, 2.05) is 31.2 Å². The van der Waals surface area contributed by atoms with E-state index in [0.29, 0.717) is 23.9 Å². The van der Waals surface area contributed by atoms with Gasteiger partial charge in [0.25, 0.3) is 5.91 Å². The normalized spacial score (nSPS) is 12.2. The van der Waals surface area contributed by atoms with E-state index < -0.39 is 0 Å². The molecule has 16 heavy (non-hydrogen) atoms. The van der Waals surface area contributed by atoms with E-state index in [1.54, 1.807) is 0 Å². The molecule has 2 nitrogen and oxygen atoms in total. The van der Waals surface area contributed by atoms with Gasteiger partial charge in [0.15, 0.2) is 0 Å². The fraction of sp³-hybridized carbons (Fsp3) is 0.462. The molecule has 1 unspecified atom stereocenters. The number of hydrogen-bond donors (Lipinski definition) is 1. The maximum atomic E-state index is 11.7. The van der Waals surface area contributed by atoms with Gasteiger partial charge < -0.3 is 5.32 Å². The van der Waals surface area contributed by atoms with Crippen molar-refractivity contribution < 1.29 is 4.79 Å². The Hall–Kier alpha value is -1.02. The molecular weight excluding hydrogens is 222 g/mol. The van der Waals surface area contributed by atoms with E-state index in [4.69, 9.17) is 11.6 Å². The molecule has 1 rings (SSSR count). The number of carbonyl (C=O) groups is 1. The lowest BCUT2D eigenvalue weighted by atomic mass is 10.1. The molecule has 0 fully saturated rings. The SMILES string of the molecule is Cc1ccc(C(=O)NCC(C)CCCl)cc1. The molecule has 0 aliphatic carbocycles. The Morgan fingerprint density at radius 1 is 1.38 bits per heavy atom. The average Bonchev–Trinajstić information content (AvgIpc) is 2.27. The van der Waals surface area contributed by atoms with Crippen LogP contribution in [0.5, 0.6) is 0 Å². The molecule has 1 amide bonds. The fourth-order valence-electron chi connectivity index (χ4n) is 1.36. The molecule has 0 bridgehead atoms. The lowest BCUT2D eigenvalue weighted by Crippen LogP contribution is -2.28. The van der Waals surface area contributed by atoms with Gasteiger partial charge in [-0.05, 0) is 31.4 Å². The van der Waals surface area contributed by atoms with E-state index in [0.717, 1.165) is 12.0 Å². The van der Waals surface area contributed by atoms with Crippen molar-refractivity contribution >= 4 is 17.5 Å². The summed E-state index contributed by atoms with van der Waals surface area (Å²) in [5.74, 6) is 1.05. The molecule has 0 heterocycles. The third kappa shape index (κ3) is 4.23. The van der Waals surface area contributed by atoms with Crippen LogP contribution in [0.1, 0.15) is 29.3 Å². The minimum Gasteiger partial charge on any atom is -0.352 e. The number of amides is 1. The van der Waals surface area contributed by atoms with Crippen LogP contribution in [0.2, 0.25) is 0 Å². The molecule has 0 radical (unpaired) electrons. The highest BCUT2D eigenvalue weighted by molar-refractivity contribution is 6.17. The third-order valence-electron chi connectivity index (χ3n) is 2.53. The first-order chi connectivity index (χ1) is 7.63. The minimum absolute atomic E-state index is 0.0126. The van der Waals surface area contributed by atoms with Gasteiger partial charge in [-0.3, -0.25) is 4.79 Å². The predicted molar refractivity (Wildman–Crippen MR) is 68.0 cm³/mol. The van der Waals surface area contributed by atoms with Crippen LogP contribution in [0.4, 0.5) is 0 Å². The molecule has 0 spiro atoms. The standard InChI is InChI=1S/C13H18ClNO/c1-10-3-5-12(6-4-10)13(16)15-9-11(2)7-8-14/h3-6,11H,7-9H2,1-2H3,(H,15,16). The summed E-state index contributed by atoms with van der Waals surface area (Å²) in [6.45, 7) is 4.77. The number of benzene rings is 1. The lowest BCUT2D eigenvalue weighted by Gasteiger charge is -2.11. The highest BCUT2D eigenvalue weighted by atomic mass is 35.5. The molecule has 88 valence electrons. The smallest absolute Gasteiger partial charge is 0.251 e. The second kappa shape index (κ2) is 6.54. The number of carbonyl (C=O) groups excluding carboxylic acids is 1. The molecule has 1 N–H and O–H groups in total. The number of nitrogens with one attached hydrogen (secondary N) is 1. The number of aryl methyl sites for hydroxylation is 1. The second-order valence-electron chi connectivity index (χ2n) is 4.16. The zero-order valence-corrected chi connectivity index (χ0v) is 10.6. The summed E-state index contributed by atoms with van der Waals surface area (Å²) in [5, 5.41) is 2.91. The van der Waals surface area contributed by atoms with Crippen LogP contribution in [-0.4, -0.2) is 18.3 Å². The molecule has 0 aliphatic heterocycles. The van der Waals surface area contributed by atoms with E-state index in [9.17, 15) is 4.79 Å². The summed E-state index contributed by atoms with van der Waals surface area (Å²) in [7, 11) is 0. The Labute approximate surface area is 102 Å². The predicted octanol–water partition coefficient (Wildman–Crippen LogP) is 2.99. The highest BCUT2D eigenvalue weighted by Gasteiger charge is 2.06. The average molecular weight is 240 g/mol. The molecule has 1 aromatic rings. The Balaban J connectivity index is 2.43. The molecule has 3 heteroatoms. The van der Waals surface area contributed by atoms with Gasteiger partial charge in [0.05, 0.1) is 0 Å². The Morgan fingerprint density at radius 3 is 2.56 bits per heavy atom. The van der Waals surface area contributed by atoms with Crippen molar-refractivity contribution in [2.24, 2.45) is 5.92 Å². The summed E-state index contributed by atoms with van der Waals surface area (Å²) in [4.78, 5) is 11.7. The van der Waals surface area contributed by atoms with E-state index >= 15 is 0 Å². The van der Waals surface area contributed by atoms with Crippen LogP contribution >= 0.6 is 11.6 Å². The topological polar surface area (TPSA) is 29.1 Å². The third-order valence-corrected chi connectivity index (χ3v) is 2.74. The Bertz CT molecular complexity index is 334. The van der Waals surface area contributed by atoms with E-state index in [2.05, 4.69) is 12.2 Å². The summed E-state index contributed by atoms with van der Waals surface area (Å²) < 4.78 is 0. The summed E-state index contributed by atoms with van der Waals surface area (Å²) in [6.07, 6.45) is 0.926. The molecule has 0 aromatic heterocycles. The molecule has 1 atom stereocenters. The maximum Gasteiger partial charge on any atom is 0.251 e. The van der Waals surface area contributed by atoms with Crippen molar-refractivity contribution in [3.63, 3.8) is 0 Å². The van der Waals surface area contributed by atoms with Gasteiger partial charge in [-0.15, -0.1) is 11.6 Å². The van der Waals surface area contributed by atoms with Gasteiger partial charge >= 0.3 is 0 Å². The van der Waals surface area contributed by atoms with Crippen LogP contribution in [0, 0.1) is 12.8 Å². The van der Waals surface area contributed by atoms with E-state index in [1.165, 1.54) is 0 Å². The van der Waals surface area contributed by atoms with Crippen molar-refractivity contribution in [1.29, 1.82) is 0 Å². The van der Waals surface area contributed by atoms with Gasteiger partial charge in [0.2, 0.25) is 0 Å². The van der Waals surface area contributed by atoms with Crippen molar-refractivity contribution in [3.8, 4) is 0 Å². The van der Waals surface area contributed by atoms with Crippen molar-refractivity contribution in [3.05, 3.63) is 35.4 Å². The van der Waals surface area contributed by atoms with Crippen LogP contribution in [-0.2, 0) is 0 Å². The number of halogens is 1. The van der Waals surface area contributed by atoms with Gasteiger partial charge in [-0.1, -0.05) is 24.6 Å². The van der Waals surface area contributed by atoms with Crippen molar-refractivity contribution in [2.45, 2.75) is 20.3 Å². The maximum absolute atomic E-state index is 11.7. The largest absolute Gasteiger partial charge is 0.352 e. The first-order valence-electron chi connectivity index (χ1n) is 5.54. The lowest BCUT2D eigenvalue weighted by molar-refractivity contribution is 0.0948. The quantitative estimate of drug-likeness (QED) is 0.787. The molecular formula is C13H18ClNO. The van der Waals surface area contributed by atoms with Crippen LogP contribution in [0.25, 0.3) is 0 Å². The molecule has 0 saturated carbocycles. The second-order valence-corrected chi connectivity index (χ2v) is 4.54. The van der Waals surface area contributed by atoms with Gasteiger partial charge in [0, 0.05) is 18.0 Å². The van der Waals surface area contributed by atoms with Crippen LogP contribution in [0.15, 0.2) is 24.3 Å². The summed E-state index contributed by atoms with van der Waals surface area (Å²) in [5.41, 5.74) is 1.87. The summed E-state index contributed by atoms with van der Waals surface area (Å²) >= 11 is 5.63. The Morgan fingerprint density at radius 2 is 2.00 bits per heavy atom. The van der Waals surface area contributed by atoms with Gasteiger partial charge in [-0.2, -0.15) is 0 Å². The Kier molecular flexibility index (Phi) is 5.33. The first kappa shape index (κ1) is 13.0. The minimum atomic E-state index is -0.0126. The molecule has 0 aliphatic rings. The fourth-order valence-corrected chi connectivity index (χ4v) is 1.73. The highest BCUT2D eigenvalue weighted by Crippen LogP contribution is 2.05. The molecule has 0 saturated heterocycles. The first-order valence-corrected chi connectivity index (χ1v) is 6.07. The molecule has 1 aromatic carbocycles. The number of rotatable bonds is 5. The van der Waals surface area contributed by atoms with Crippen LogP contribution < -0.4 is 5.32 Å². The number of alkyl halides is 1. The van der Waals surface area contributed by atoms with Crippen molar-refractivity contribution in [2.75, 3.05) is 12.4 Å².